The number of thiophene rings is 1. The number of hydrogen-bond acceptors (Lipinski definition) is 4. The van der Waals surface area contributed by atoms with Crippen LogP contribution in [-0.4, -0.2) is 38.0 Å². The number of urea groups is 1. The molecule has 6 nitrogen and oxygen atoms in total. The molecule has 1 saturated carbocycles. The lowest BCUT2D eigenvalue weighted by Gasteiger charge is -2.33. The lowest BCUT2D eigenvalue weighted by molar-refractivity contribution is 0.183. The molecular weight excluding hydrogens is 394 g/mol. The van der Waals surface area contributed by atoms with Crippen LogP contribution in [0.4, 0.5) is 10.5 Å². The maximum absolute atomic E-state index is 12.7. The van der Waals surface area contributed by atoms with Crippen molar-refractivity contribution in [2.75, 3.05) is 11.9 Å². The highest BCUT2D eigenvalue weighted by Gasteiger charge is 2.48. The Morgan fingerprint density at radius 2 is 2.00 bits per heavy atom. The first-order valence-electron chi connectivity index (χ1n) is 8.32. The van der Waals surface area contributed by atoms with Gasteiger partial charge in [0, 0.05) is 12.6 Å². The summed E-state index contributed by atoms with van der Waals surface area (Å²) >= 11 is 7.29. The fourth-order valence-electron chi connectivity index (χ4n) is 3.81. The molecule has 138 valence electrons. The maximum atomic E-state index is 12.7. The van der Waals surface area contributed by atoms with Gasteiger partial charge in [-0.2, -0.15) is 0 Å². The zero-order valence-electron chi connectivity index (χ0n) is 13.8. The number of piperidine rings is 1. The Morgan fingerprint density at radius 3 is 2.69 bits per heavy atom. The van der Waals surface area contributed by atoms with E-state index in [9.17, 15) is 13.2 Å². The smallest absolute Gasteiger partial charge is 0.320 e. The standard InChI is InChI=1S/C17H18ClN3O3S2/c18-12-4-1-2-5-13(12)19-17(22)21-10-11-8-14(15(21)9-11)20-26(23,24)16-6-3-7-25-16/h1-7,11,14-15,20H,8-10H2,(H,19,22). The highest BCUT2D eigenvalue weighted by atomic mass is 35.5. The molecule has 1 aromatic carbocycles. The minimum atomic E-state index is -3.55. The average molecular weight is 412 g/mol. The molecule has 26 heavy (non-hydrogen) atoms. The van der Waals surface area contributed by atoms with E-state index in [4.69, 9.17) is 11.6 Å². The first-order chi connectivity index (χ1) is 12.4. The molecule has 2 fully saturated rings. The molecule has 1 saturated heterocycles. The van der Waals surface area contributed by atoms with Crippen molar-refractivity contribution >= 4 is 44.7 Å². The molecule has 2 amide bonds. The van der Waals surface area contributed by atoms with Crippen LogP contribution in [0.5, 0.6) is 0 Å². The van der Waals surface area contributed by atoms with E-state index >= 15 is 0 Å². The van der Waals surface area contributed by atoms with E-state index in [0.717, 1.165) is 12.8 Å². The molecule has 3 unspecified atom stereocenters. The largest absolute Gasteiger partial charge is 0.322 e. The molecule has 9 heteroatoms. The number of anilines is 1. The molecule has 2 heterocycles. The summed E-state index contributed by atoms with van der Waals surface area (Å²) in [7, 11) is -3.55. The summed E-state index contributed by atoms with van der Waals surface area (Å²) in [6.45, 7) is 0.637. The van der Waals surface area contributed by atoms with Crippen LogP contribution in [0, 0.1) is 5.92 Å². The van der Waals surface area contributed by atoms with Crippen LogP contribution in [0.3, 0.4) is 0 Å². The number of carbonyl (C=O) groups excluding carboxylic acids is 1. The summed E-state index contributed by atoms with van der Waals surface area (Å²) in [4.78, 5) is 14.4. The Labute approximate surface area is 161 Å². The number of rotatable bonds is 4. The van der Waals surface area contributed by atoms with E-state index in [0.29, 0.717) is 27.4 Å². The van der Waals surface area contributed by atoms with E-state index in [1.54, 1.807) is 46.7 Å². The Kier molecular flexibility index (Phi) is 4.68. The minimum absolute atomic E-state index is 0.141. The van der Waals surface area contributed by atoms with Gasteiger partial charge >= 0.3 is 6.03 Å². The topological polar surface area (TPSA) is 78.5 Å². The van der Waals surface area contributed by atoms with E-state index in [1.165, 1.54) is 11.3 Å². The Hall–Kier alpha value is -1.61. The number of nitrogens with zero attached hydrogens (tertiary/aromatic N) is 1. The summed E-state index contributed by atoms with van der Waals surface area (Å²) in [5.41, 5.74) is 0.553. The number of likely N-dealkylation sites (tertiary alicyclic amines) is 1. The van der Waals surface area contributed by atoms with Crippen LogP contribution >= 0.6 is 22.9 Å². The monoisotopic (exact) mass is 411 g/mol. The predicted octanol–water partition coefficient (Wildman–Crippen LogP) is 3.37. The van der Waals surface area contributed by atoms with E-state index in [2.05, 4.69) is 10.0 Å². The van der Waals surface area contributed by atoms with Crippen molar-refractivity contribution in [3.05, 3.63) is 46.8 Å². The second-order valence-corrected chi connectivity index (χ2v) is 9.92. The Bertz CT molecular complexity index is 917. The second kappa shape index (κ2) is 6.84. The van der Waals surface area contributed by atoms with Crippen molar-refractivity contribution in [3.8, 4) is 0 Å². The van der Waals surface area contributed by atoms with Gasteiger partial charge in [0.15, 0.2) is 0 Å². The van der Waals surface area contributed by atoms with Crippen molar-refractivity contribution in [2.45, 2.75) is 29.1 Å². The fraction of sp³-hybridized carbons (Fsp3) is 0.353. The fourth-order valence-corrected chi connectivity index (χ4v) is 6.28. The molecule has 2 N–H and O–H groups in total. The van der Waals surface area contributed by atoms with Gasteiger partial charge in [-0.25, -0.2) is 17.9 Å². The third kappa shape index (κ3) is 3.34. The van der Waals surface area contributed by atoms with Crippen molar-refractivity contribution in [3.63, 3.8) is 0 Å². The number of carbonyl (C=O) groups is 1. The van der Waals surface area contributed by atoms with Crippen LogP contribution in [0.2, 0.25) is 5.02 Å². The third-order valence-corrected chi connectivity index (χ3v) is 8.14. The Balaban J connectivity index is 1.47. The summed E-state index contributed by atoms with van der Waals surface area (Å²) in [5, 5.41) is 5.04. The molecule has 1 aliphatic carbocycles. The number of fused-ring (bicyclic) bond motifs is 2. The number of benzene rings is 1. The van der Waals surface area contributed by atoms with E-state index in [-0.39, 0.29) is 18.1 Å². The third-order valence-electron chi connectivity index (χ3n) is 4.92. The SMILES string of the molecule is O=C(Nc1ccccc1Cl)N1CC2CC(NS(=O)(=O)c3cccs3)C1C2. The second-order valence-electron chi connectivity index (χ2n) is 6.63. The van der Waals surface area contributed by atoms with Gasteiger partial charge in [0.25, 0.3) is 0 Å². The molecule has 2 aromatic rings. The maximum Gasteiger partial charge on any atom is 0.322 e. The summed E-state index contributed by atoms with van der Waals surface area (Å²) in [5.74, 6) is 0.313. The summed E-state index contributed by atoms with van der Waals surface area (Å²) < 4.78 is 28.1. The van der Waals surface area contributed by atoms with Crippen molar-refractivity contribution in [2.24, 2.45) is 5.92 Å². The van der Waals surface area contributed by atoms with Crippen LogP contribution in [0.15, 0.2) is 46.0 Å². The summed E-state index contributed by atoms with van der Waals surface area (Å²) in [6.07, 6.45) is 1.57. The van der Waals surface area contributed by atoms with E-state index in [1.807, 2.05) is 0 Å². The molecule has 2 bridgehead atoms. The van der Waals surface area contributed by atoms with Gasteiger partial charge < -0.3 is 10.2 Å². The highest BCUT2D eigenvalue weighted by molar-refractivity contribution is 7.91. The van der Waals surface area contributed by atoms with Crippen LogP contribution < -0.4 is 10.0 Å². The first-order valence-corrected chi connectivity index (χ1v) is 11.1. The minimum Gasteiger partial charge on any atom is -0.320 e. The number of sulfonamides is 1. The molecule has 1 aliphatic heterocycles. The quantitative estimate of drug-likeness (QED) is 0.809. The van der Waals surface area contributed by atoms with Gasteiger partial charge in [-0.3, -0.25) is 0 Å². The molecule has 0 spiro atoms. The molecule has 2 aliphatic rings. The molecule has 0 radical (unpaired) electrons. The van der Waals surface area contributed by atoms with Gasteiger partial charge in [-0.15, -0.1) is 11.3 Å². The number of nitrogens with one attached hydrogen (secondary N) is 2. The zero-order valence-corrected chi connectivity index (χ0v) is 16.2. The molecule has 1 aromatic heterocycles. The number of halogens is 1. The van der Waals surface area contributed by atoms with Gasteiger partial charge in [0.1, 0.15) is 4.21 Å². The lowest BCUT2D eigenvalue weighted by Crippen LogP contribution is -2.52. The molecule has 4 rings (SSSR count). The normalized spacial score (nSPS) is 24.8. The van der Waals surface area contributed by atoms with Crippen LogP contribution in [0.25, 0.3) is 0 Å². The van der Waals surface area contributed by atoms with Crippen LogP contribution in [-0.2, 0) is 10.0 Å². The van der Waals surface area contributed by atoms with E-state index < -0.39 is 10.0 Å². The van der Waals surface area contributed by atoms with Gasteiger partial charge in [-0.1, -0.05) is 29.8 Å². The van der Waals surface area contributed by atoms with Crippen molar-refractivity contribution in [1.82, 2.24) is 9.62 Å². The molecule has 3 atom stereocenters. The molecular formula is C17H18ClN3O3S2. The lowest BCUT2D eigenvalue weighted by atomic mass is 10.1. The average Bonchev–Trinajstić information content (AvgIpc) is 3.33. The van der Waals surface area contributed by atoms with Gasteiger partial charge in [0.05, 0.1) is 16.8 Å². The summed E-state index contributed by atoms with van der Waals surface area (Å²) in [6, 6.07) is 9.70. The van der Waals surface area contributed by atoms with Crippen molar-refractivity contribution < 1.29 is 13.2 Å². The number of amides is 2. The highest BCUT2D eigenvalue weighted by Crippen LogP contribution is 2.39. The predicted molar refractivity (Wildman–Crippen MR) is 102 cm³/mol. The first kappa shape index (κ1) is 17.8. The van der Waals surface area contributed by atoms with Crippen LogP contribution in [0.1, 0.15) is 12.8 Å². The van der Waals surface area contributed by atoms with Crippen molar-refractivity contribution in [1.29, 1.82) is 0 Å². The Morgan fingerprint density at radius 1 is 1.19 bits per heavy atom. The number of para-hydroxylation sites is 1. The van der Waals surface area contributed by atoms with Gasteiger partial charge in [-0.05, 0) is 42.3 Å². The van der Waals surface area contributed by atoms with Gasteiger partial charge in [0.2, 0.25) is 10.0 Å². The zero-order chi connectivity index (χ0) is 18.3. The number of hydrogen-bond donors (Lipinski definition) is 2.